The van der Waals surface area contributed by atoms with Crippen molar-refractivity contribution in [3.8, 4) is 0 Å². The Balaban J connectivity index is 1.44. The van der Waals surface area contributed by atoms with Gasteiger partial charge in [0.15, 0.2) is 0 Å². The largest absolute Gasteiger partial charge is 0.316 e. The minimum Gasteiger partial charge on any atom is -0.316 e. The number of hydrogen-bond acceptors (Lipinski definition) is 3. The molecule has 2 unspecified atom stereocenters. The standard InChI is InChI=1S/C16H26N4/c1-12-4-3-5-13(2)15(12)10-17-8-9-20-11-18-19-16(20)14-6-7-14/h4,11,13-15,17H,3,5-10H2,1-2H3. The quantitative estimate of drug-likeness (QED) is 0.640. The highest BCUT2D eigenvalue weighted by molar-refractivity contribution is 5.09. The van der Waals surface area contributed by atoms with Crippen LogP contribution in [0.3, 0.4) is 0 Å². The van der Waals surface area contributed by atoms with E-state index in [0.29, 0.717) is 11.8 Å². The van der Waals surface area contributed by atoms with Gasteiger partial charge in [-0.15, -0.1) is 10.2 Å². The van der Waals surface area contributed by atoms with Crippen molar-refractivity contribution >= 4 is 0 Å². The van der Waals surface area contributed by atoms with E-state index < -0.39 is 0 Å². The fraction of sp³-hybridized carbons (Fsp3) is 0.750. The third-order valence-corrected chi connectivity index (χ3v) is 4.84. The number of aromatic nitrogens is 3. The van der Waals surface area contributed by atoms with E-state index in [9.17, 15) is 0 Å². The molecule has 1 heterocycles. The van der Waals surface area contributed by atoms with E-state index in [1.165, 1.54) is 31.5 Å². The highest BCUT2D eigenvalue weighted by Crippen LogP contribution is 2.38. The van der Waals surface area contributed by atoms with Gasteiger partial charge in [-0.05, 0) is 44.4 Å². The molecule has 4 nitrogen and oxygen atoms in total. The van der Waals surface area contributed by atoms with Gasteiger partial charge in [0, 0.05) is 25.6 Å². The van der Waals surface area contributed by atoms with Crippen molar-refractivity contribution in [1.29, 1.82) is 0 Å². The zero-order valence-corrected chi connectivity index (χ0v) is 12.7. The van der Waals surface area contributed by atoms with E-state index in [-0.39, 0.29) is 0 Å². The maximum absolute atomic E-state index is 4.25. The molecule has 1 aromatic heterocycles. The van der Waals surface area contributed by atoms with E-state index in [4.69, 9.17) is 0 Å². The molecule has 0 aromatic carbocycles. The van der Waals surface area contributed by atoms with Crippen molar-refractivity contribution in [3.05, 3.63) is 23.8 Å². The molecular weight excluding hydrogens is 248 g/mol. The van der Waals surface area contributed by atoms with Crippen molar-refractivity contribution in [2.45, 2.75) is 52.0 Å². The number of nitrogens with one attached hydrogen (secondary N) is 1. The summed E-state index contributed by atoms with van der Waals surface area (Å²) in [5.41, 5.74) is 1.57. The van der Waals surface area contributed by atoms with Gasteiger partial charge >= 0.3 is 0 Å². The zero-order valence-electron chi connectivity index (χ0n) is 12.7. The van der Waals surface area contributed by atoms with Crippen LogP contribution in [0.25, 0.3) is 0 Å². The van der Waals surface area contributed by atoms with Crippen molar-refractivity contribution in [2.75, 3.05) is 13.1 Å². The third-order valence-electron chi connectivity index (χ3n) is 4.84. The summed E-state index contributed by atoms with van der Waals surface area (Å²) in [7, 11) is 0. The van der Waals surface area contributed by atoms with Gasteiger partial charge in [0.2, 0.25) is 0 Å². The van der Waals surface area contributed by atoms with E-state index in [1.54, 1.807) is 5.57 Å². The fourth-order valence-electron chi connectivity index (χ4n) is 3.29. The molecule has 0 saturated heterocycles. The Kier molecular flexibility index (Phi) is 4.20. The van der Waals surface area contributed by atoms with Crippen LogP contribution in [0, 0.1) is 11.8 Å². The monoisotopic (exact) mass is 274 g/mol. The Hall–Kier alpha value is -1.16. The molecule has 1 N–H and O–H groups in total. The van der Waals surface area contributed by atoms with Crippen molar-refractivity contribution in [1.82, 2.24) is 20.1 Å². The number of hydrogen-bond donors (Lipinski definition) is 1. The first-order chi connectivity index (χ1) is 9.75. The first-order valence-electron chi connectivity index (χ1n) is 8.00. The van der Waals surface area contributed by atoms with Crippen LogP contribution in [-0.4, -0.2) is 27.9 Å². The average Bonchev–Trinajstić information content (AvgIpc) is 3.17. The van der Waals surface area contributed by atoms with Gasteiger partial charge in [-0.1, -0.05) is 18.6 Å². The zero-order chi connectivity index (χ0) is 13.9. The predicted molar refractivity (Wildman–Crippen MR) is 80.5 cm³/mol. The molecule has 2 atom stereocenters. The lowest BCUT2D eigenvalue weighted by molar-refractivity contribution is 0.348. The maximum Gasteiger partial charge on any atom is 0.135 e. The predicted octanol–water partition coefficient (Wildman–Crippen LogP) is 2.74. The minimum absolute atomic E-state index is 0.682. The molecule has 2 aliphatic rings. The molecule has 0 aliphatic heterocycles. The second kappa shape index (κ2) is 6.08. The highest BCUT2D eigenvalue weighted by atomic mass is 15.3. The van der Waals surface area contributed by atoms with E-state index in [2.05, 4.69) is 40.0 Å². The summed E-state index contributed by atoms with van der Waals surface area (Å²) < 4.78 is 2.22. The molecule has 0 radical (unpaired) electrons. The van der Waals surface area contributed by atoms with Crippen LogP contribution in [-0.2, 0) is 6.54 Å². The number of allylic oxidation sites excluding steroid dienone is 1. The van der Waals surface area contributed by atoms with Crippen LogP contribution in [0.5, 0.6) is 0 Å². The molecule has 1 aromatic rings. The Morgan fingerprint density at radius 1 is 1.35 bits per heavy atom. The topological polar surface area (TPSA) is 42.7 Å². The summed E-state index contributed by atoms with van der Waals surface area (Å²) in [5.74, 6) is 3.40. The molecule has 1 fully saturated rings. The Labute approximate surface area is 121 Å². The molecule has 4 heteroatoms. The smallest absolute Gasteiger partial charge is 0.135 e. The van der Waals surface area contributed by atoms with E-state index in [0.717, 1.165) is 25.6 Å². The van der Waals surface area contributed by atoms with Crippen LogP contribution < -0.4 is 5.32 Å². The van der Waals surface area contributed by atoms with Crippen molar-refractivity contribution in [2.24, 2.45) is 11.8 Å². The SMILES string of the molecule is CC1=CCCC(C)C1CNCCn1cnnc1C1CC1. The average molecular weight is 274 g/mol. The van der Waals surface area contributed by atoms with Gasteiger partial charge in [-0.25, -0.2) is 0 Å². The van der Waals surface area contributed by atoms with Crippen LogP contribution in [0.1, 0.15) is 51.3 Å². The van der Waals surface area contributed by atoms with Gasteiger partial charge in [0.05, 0.1) is 0 Å². The van der Waals surface area contributed by atoms with Crippen LogP contribution in [0.15, 0.2) is 18.0 Å². The summed E-state index contributed by atoms with van der Waals surface area (Å²) in [6.07, 6.45) is 9.46. The third kappa shape index (κ3) is 3.11. The summed E-state index contributed by atoms with van der Waals surface area (Å²) in [6, 6.07) is 0. The number of nitrogens with zero attached hydrogens (tertiary/aromatic N) is 3. The number of rotatable bonds is 6. The minimum atomic E-state index is 0.682. The van der Waals surface area contributed by atoms with E-state index in [1.807, 2.05) is 6.33 Å². The molecule has 2 aliphatic carbocycles. The molecule has 0 spiro atoms. The molecule has 110 valence electrons. The Morgan fingerprint density at radius 2 is 2.20 bits per heavy atom. The molecular formula is C16H26N4. The van der Waals surface area contributed by atoms with Crippen LogP contribution in [0.2, 0.25) is 0 Å². The molecule has 1 saturated carbocycles. The summed E-state index contributed by atoms with van der Waals surface area (Å²) >= 11 is 0. The van der Waals surface area contributed by atoms with Crippen molar-refractivity contribution < 1.29 is 0 Å². The first-order valence-corrected chi connectivity index (χ1v) is 8.00. The lowest BCUT2D eigenvalue weighted by Gasteiger charge is -2.29. The second-order valence-corrected chi connectivity index (χ2v) is 6.47. The normalized spacial score (nSPS) is 26.6. The van der Waals surface area contributed by atoms with Crippen LogP contribution in [0.4, 0.5) is 0 Å². The lowest BCUT2D eigenvalue weighted by atomic mass is 9.80. The van der Waals surface area contributed by atoms with Crippen molar-refractivity contribution in [3.63, 3.8) is 0 Å². The first kappa shape index (κ1) is 13.8. The fourth-order valence-corrected chi connectivity index (χ4v) is 3.29. The molecule has 20 heavy (non-hydrogen) atoms. The molecule has 0 bridgehead atoms. The Bertz CT molecular complexity index is 473. The van der Waals surface area contributed by atoms with Gasteiger partial charge in [-0.3, -0.25) is 0 Å². The molecule has 3 rings (SSSR count). The summed E-state index contributed by atoms with van der Waals surface area (Å²) in [6.45, 7) is 7.77. The highest BCUT2D eigenvalue weighted by Gasteiger charge is 2.28. The van der Waals surface area contributed by atoms with Crippen LogP contribution >= 0.6 is 0 Å². The molecule has 0 amide bonds. The summed E-state index contributed by atoms with van der Waals surface area (Å²) in [5, 5.41) is 11.9. The maximum atomic E-state index is 4.25. The summed E-state index contributed by atoms with van der Waals surface area (Å²) in [4.78, 5) is 0. The second-order valence-electron chi connectivity index (χ2n) is 6.47. The van der Waals surface area contributed by atoms with Gasteiger partial charge < -0.3 is 9.88 Å². The van der Waals surface area contributed by atoms with E-state index >= 15 is 0 Å². The lowest BCUT2D eigenvalue weighted by Crippen LogP contribution is -2.31. The van der Waals surface area contributed by atoms with Gasteiger partial charge in [-0.2, -0.15) is 0 Å². The van der Waals surface area contributed by atoms with Gasteiger partial charge in [0.1, 0.15) is 12.2 Å². The Morgan fingerprint density at radius 3 is 2.95 bits per heavy atom. The van der Waals surface area contributed by atoms with Gasteiger partial charge in [0.25, 0.3) is 0 Å².